The van der Waals surface area contributed by atoms with Gasteiger partial charge in [-0.05, 0) is 29.7 Å². The van der Waals surface area contributed by atoms with E-state index in [1.807, 2.05) is 6.92 Å². The van der Waals surface area contributed by atoms with E-state index in [1.54, 1.807) is 12.1 Å². The van der Waals surface area contributed by atoms with E-state index < -0.39 is 0 Å². The van der Waals surface area contributed by atoms with Crippen LogP contribution in [0.5, 0.6) is 11.5 Å². The van der Waals surface area contributed by atoms with E-state index in [4.69, 9.17) is 9.84 Å². The lowest BCUT2D eigenvalue weighted by molar-refractivity contribution is 0.280. The zero-order chi connectivity index (χ0) is 9.84. The molecule has 0 unspecified atom stereocenters. The van der Waals surface area contributed by atoms with Crippen molar-refractivity contribution in [1.82, 2.24) is 0 Å². The summed E-state index contributed by atoms with van der Waals surface area (Å²) < 4.78 is 4.97. The Kier molecular flexibility index (Phi) is 3.14. The lowest BCUT2D eigenvalue weighted by atomic mass is 10.1. The van der Waals surface area contributed by atoms with Crippen molar-refractivity contribution in [2.24, 2.45) is 0 Å². The number of phenols is 1. The number of aliphatic hydroxyl groups excluding tert-OH is 1. The highest BCUT2D eigenvalue weighted by Gasteiger charge is 2.08. The molecule has 0 aliphatic heterocycles. The smallest absolute Gasteiger partial charge is 0.161 e. The number of benzene rings is 1. The molecule has 0 aromatic heterocycles. The van der Waals surface area contributed by atoms with Gasteiger partial charge in [0, 0.05) is 0 Å². The van der Waals surface area contributed by atoms with Gasteiger partial charge in [0.25, 0.3) is 0 Å². The van der Waals surface area contributed by atoms with E-state index in [9.17, 15) is 5.11 Å². The number of methoxy groups -OCH3 is 1. The van der Waals surface area contributed by atoms with Crippen molar-refractivity contribution in [3.63, 3.8) is 0 Å². The van der Waals surface area contributed by atoms with Crippen LogP contribution in [0.1, 0.15) is 18.1 Å². The monoisotopic (exact) mass is 182 g/mol. The molecule has 13 heavy (non-hydrogen) atoms. The summed E-state index contributed by atoms with van der Waals surface area (Å²) in [4.78, 5) is 0. The first kappa shape index (κ1) is 9.86. The summed E-state index contributed by atoms with van der Waals surface area (Å²) in [6.07, 6.45) is 0.718. The second-order valence-electron chi connectivity index (χ2n) is 2.82. The van der Waals surface area contributed by atoms with Gasteiger partial charge in [0.05, 0.1) is 13.7 Å². The number of aliphatic hydroxyl groups is 1. The van der Waals surface area contributed by atoms with Crippen molar-refractivity contribution < 1.29 is 14.9 Å². The van der Waals surface area contributed by atoms with Gasteiger partial charge in [0.1, 0.15) is 0 Å². The fraction of sp³-hybridized carbons (Fsp3) is 0.400. The molecule has 72 valence electrons. The molecule has 1 aromatic rings. The third kappa shape index (κ3) is 1.92. The molecule has 1 aromatic carbocycles. The lowest BCUT2D eigenvalue weighted by Gasteiger charge is -2.09. The van der Waals surface area contributed by atoms with Gasteiger partial charge in [-0.1, -0.05) is 6.92 Å². The van der Waals surface area contributed by atoms with Crippen LogP contribution < -0.4 is 4.74 Å². The summed E-state index contributed by atoms with van der Waals surface area (Å²) in [5.41, 5.74) is 1.55. The van der Waals surface area contributed by atoms with E-state index in [1.165, 1.54) is 7.11 Å². The molecule has 3 nitrogen and oxygen atoms in total. The van der Waals surface area contributed by atoms with Crippen molar-refractivity contribution in [2.75, 3.05) is 7.11 Å². The molecule has 0 radical (unpaired) electrons. The van der Waals surface area contributed by atoms with Crippen LogP contribution in [-0.2, 0) is 13.0 Å². The molecule has 0 saturated heterocycles. The highest BCUT2D eigenvalue weighted by atomic mass is 16.5. The number of phenolic OH excluding ortho intramolecular Hbond substituents is 1. The average molecular weight is 182 g/mol. The minimum atomic E-state index is -0.0381. The van der Waals surface area contributed by atoms with E-state index in [-0.39, 0.29) is 12.4 Å². The van der Waals surface area contributed by atoms with Gasteiger partial charge in [0.2, 0.25) is 0 Å². The first-order chi connectivity index (χ1) is 6.22. The summed E-state index contributed by atoms with van der Waals surface area (Å²) in [5, 5.41) is 18.5. The zero-order valence-electron chi connectivity index (χ0n) is 7.87. The van der Waals surface area contributed by atoms with Crippen LogP contribution >= 0.6 is 0 Å². The molecular formula is C10H14O3. The molecule has 0 aliphatic carbocycles. The number of hydrogen-bond acceptors (Lipinski definition) is 3. The predicted molar refractivity (Wildman–Crippen MR) is 50.0 cm³/mol. The molecule has 0 saturated carbocycles. The molecule has 0 bridgehead atoms. The Hall–Kier alpha value is -1.22. The summed E-state index contributed by atoms with van der Waals surface area (Å²) in [7, 11) is 1.50. The van der Waals surface area contributed by atoms with Crippen molar-refractivity contribution in [2.45, 2.75) is 20.0 Å². The minimum Gasteiger partial charge on any atom is -0.504 e. The molecule has 0 spiro atoms. The van der Waals surface area contributed by atoms with Gasteiger partial charge in [-0.3, -0.25) is 0 Å². The largest absolute Gasteiger partial charge is 0.504 e. The van der Waals surface area contributed by atoms with Crippen LogP contribution in [0, 0.1) is 0 Å². The third-order valence-corrected chi connectivity index (χ3v) is 2.00. The number of hydrogen-bond donors (Lipinski definition) is 2. The number of rotatable bonds is 3. The summed E-state index contributed by atoms with van der Waals surface area (Å²) in [5.74, 6) is 0.589. The van der Waals surface area contributed by atoms with Crippen LogP contribution in [0.3, 0.4) is 0 Å². The maximum Gasteiger partial charge on any atom is 0.161 e. The Labute approximate surface area is 77.6 Å². The van der Waals surface area contributed by atoms with Gasteiger partial charge < -0.3 is 14.9 Å². The Morgan fingerprint density at radius 2 is 2.08 bits per heavy atom. The van der Waals surface area contributed by atoms with Crippen LogP contribution in [0.15, 0.2) is 12.1 Å². The van der Waals surface area contributed by atoms with Crippen LogP contribution in [0.2, 0.25) is 0 Å². The topological polar surface area (TPSA) is 49.7 Å². The fourth-order valence-electron chi connectivity index (χ4n) is 1.25. The molecule has 1 rings (SSSR count). The van der Waals surface area contributed by atoms with E-state index in [0.29, 0.717) is 5.75 Å². The number of aryl methyl sites for hydroxylation is 1. The third-order valence-electron chi connectivity index (χ3n) is 2.00. The predicted octanol–water partition coefficient (Wildman–Crippen LogP) is 1.46. The van der Waals surface area contributed by atoms with Gasteiger partial charge >= 0.3 is 0 Å². The Morgan fingerprint density at radius 1 is 1.38 bits per heavy atom. The highest BCUT2D eigenvalue weighted by molar-refractivity contribution is 5.48. The Morgan fingerprint density at radius 3 is 2.54 bits per heavy atom. The van der Waals surface area contributed by atoms with E-state index >= 15 is 0 Å². The molecule has 2 N–H and O–H groups in total. The fourth-order valence-corrected chi connectivity index (χ4v) is 1.25. The minimum absolute atomic E-state index is 0.0381. The van der Waals surface area contributed by atoms with Crippen molar-refractivity contribution in [3.05, 3.63) is 23.3 Å². The standard InChI is InChI=1S/C10H14O3/c1-3-8-4-7(6-11)5-9(13-2)10(8)12/h4-5,11-12H,3,6H2,1-2H3. The van der Waals surface area contributed by atoms with Crippen molar-refractivity contribution in [1.29, 1.82) is 0 Å². The molecule has 0 amide bonds. The van der Waals surface area contributed by atoms with Crippen LogP contribution in [-0.4, -0.2) is 17.3 Å². The molecule has 0 heterocycles. The van der Waals surface area contributed by atoms with Crippen molar-refractivity contribution >= 4 is 0 Å². The molecule has 0 fully saturated rings. The zero-order valence-corrected chi connectivity index (χ0v) is 7.87. The Balaban J connectivity index is 3.20. The molecule has 0 aliphatic rings. The van der Waals surface area contributed by atoms with Crippen molar-refractivity contribution in [3.8, 4) is 11.5 Å². The first-order valence-corrected chi connectivity index (χ1v) is 4.22. The van der Waals surface area contributed by atoms with Gasteiger partial charge in [0.15, 0.2) is 11.5 Å². The SMILES string of the molecule is CCc1cc(CO)cc(OC)c1O. The van der Waals surface area contributed by atoms with Crippen LogP contribution in [0.4, 0.5) is 0 Å². The second kappa shape index (κ2) is 4.14. The quantitative estimate of drug-likeness (QED) is 0.744. The van der Waals surface area contributed by atoms with Gasteiger partial charge in [-0.2, -0.15) is 0 Å². The molecule has 3 heteroatoms. The highest BCUT2D eigenvalue weighted by Crippen LogP contribution is 2.31. The average Bonchev–Trinajstić information content (AvgIpc) is 2.18. The van der Waals surface area contributed by atoms with Crippen LogP contribution in [0.25, 0.3) is 0 Å². The summed E-state index contributed by atoms with van der Waals surface area (Å²) >= 11 is 0. The maximum atomic E-state index is 9.60. The van der Waals surface area contributed by atoms with Gasteiger partial charge in [-0.15, -0.1) is 0 Å². The summed E-state index contributed by atoms with van der Waals surface area (Å²) in [6, 6.07) is 3.41. The Bertz CT molecular complexity index is 269. The van der Waals surface area contributed by atoms with E-state index in [0.717, 1.165) is 17.5 Å². The first-order valence-electron chi connectivity index (χ1n) is 4.22. The molecule has 0 atom stereocenters. The molecular weight excluding hydrogens is 168 g/mol. The van der Waals surface area contributed by atoms with Gasteiger partial charge in [-0.25, -0.2) is 0 Å². The second-order valence-corrected chi connectivity index (χ2v) is 2.82. The lowest BCUT2D eigenvalue weighted by Crippen LogP contribution is -1.92. The summed E-state index contributed by atoms with van der Waals surface area (Å²) in [6.45, 7) is 1.90. The normalized spacial score (nSPS) is 10.1. The number of ether oxygens (including phenoxy) is 1. The number of aromatic hydroxyl groups is 1. The maximum absolute atomic E-state index is 9.60. The van der Waals surface area contributed by atoms with E-state index in [2.05, 4.69) is 0 Å².